The molecule has 0 aliphatic carbocycles. The van der Waals surface area contributed by atoms with Crippen molar-refractivity contribution in [2.75, 3.05) is 13.2 Å². The molecule has 0 spiro atoms. The molecular weight excluding hydrogens is 265 g/mol. The second-order valence-corrected chi connectivity index (χ2v) is 3.91. The lowest BCUT2D eigenvalue weighted by molar-refractivity contribution is -0.384. The molecule has 0 radical (unpaired) electrons. The molecule has 2 aromatic carbocycles. The van der Waals surface area contributed by atoms with Crippen molar-refractivity contribution in [2.24, 2.45) is 0 Å². The van der Waals surface area contributed by atoms with Gasteiger partial charge in [0.1, 0.15) is 30.5 Å². The fourth-order valence-corrected chi connectivity index (χ4v) is 1.56. The zero-order chi connectivity index (χ0) is 14.4. The molecule has 0 aliphatic rings. The summed E-state index contributed by atoms with van der Waals surface area (Å²) in [6.07, 6.45) is 0. The number of nitrogens with zero attached hydrogens (tertiary/aromatic N) is 1. The Kier molecular flexibility index (Phi) is 4.49. The van der Waals surface area contributed by atoms with Gasteiger partial charge in [0.25, 0.3) is 5.69 Å². The van der Waals surface area contributed by atoms with Gasteiger partial charge in [0, 0.05) is 12.1 Å². The van der Waals surface area contributed by atoms with Crippen LogP contribution in [0.5, 0.6) is 11.5 Å². The number of hydrogen-bond donors (Lipinski definition) is 0. The maximum Gasteiger partial charge on any atom is 0.273 e. The number of nitro groups is 1. The van der Waals surface area contributed by atoms with Gasteiger partial charge in [-0.25, -0.2) is 4.39 Å². The van der Waals surface area contributed by atoms with Gasteiger partial charge >= 0.3 is 0 Å². The first kappa shape index (κ1) is 13.8. The lowest BCUT2D eigenvalue weighted by atomic mass is 10.3. The highest BCUT2D eigenvalue weighted by Crippen LogP contribution is 2.19. The summed E-state index contributed by atoms with van der Waals surface area (Å²) in [6.45, 7) is 0.420. The smallest absolute Gasteiger partial charge is 0.273 e. The molecule has 104 valence electrons. The number of rotatable bonds is 6. The van der Waals surface area contributed by atoms with Crippen LogP contribution in [0.25, 0.3) is 0 Å². The van der Waals surface area contributed by atoms with Crippen LogP contribution in [0, 0.1) is 15.9 Å². The highest BCUT2D eigenvalue weighted by Gasteiger charge is 2.06. The van der Waals surface area contributed by atoms with E-state index >= 15 is 0 Å². The maximum atomic E-state index is 12.9. The van der Waals surface area contributed by atoms with E-state index < -0.39 is 4.92 Å². The molecule has 0 atom stereocenters. The summed E-state index contributed by atoms with van der Waals surface area (Å²) in [5.74, 6) is 0.428. The van der Waals surface area contributed by atoms with Crippen molar-refractivity contribution >= 4 is 5.69 Å². The first-order chi connectivity index (χ1) is 9.65. The van der Waals surface area contributed by atoms with E-state index in [0.717, 1.165) is 0 Å². The van der Waals surface area contributed by atoms with E-state index in [9.17, 15) is 14.5 Å². The number of nitro benzene ring substituents is 1. The van der Waals surface area contributed by atoms with Crippen LogP contribution in [0.1, 0.15) is 0 Å². The molecule has 0 amide bonds. The van der Waals surface area contributed by atoms with Crippen LogP contribution < -0.4 is 9.47 Å². The summed E-state index contributed by atoms with van der Waals surface area (Å²) in [4.78, 5) is 10.1. The molecule has 20 heavy (non-hydrogen) atoms. The predicted molar refractivity (Wildman–Crippen MR) is 70.5 cm³/mol. The van der Waals surface area contributed by atoms with Crippen molar-refractivity contribution in [3.05, 3.63) is 64.5 Å². The second-order valence-electron chi connectivity index (χ2n) is 3.91. The van der Waals surface area contributed by atoms with E-state index in [1.165, 1.54) is 24.3 Å². The molecule has 0 bridgehead atoms. The Morgan fingerprint density at radius 1 is 1.00 bits per heavy atom. The van der Waals surface area contributed by atoms with E-state index in [2.05, 4.69) is 0 Å². The molecule has 5 nitrogen and oxygen atoms in total. The topological polar surface area (TPSA) is 61.6 Å². The van der Waals surface area contributed by atoms with Crippen LogP contribution in [0.3, 0.4) is 0 Å². The Bertz CT molecular complexity index is 603. The zero-order valence-corrected chi connectivity index (χ0v) is 10.5. The summed E-state index contributed by atoms with van der Waals surface area (Å²) < 4.78 is 23.5. The largest absolute Gasteiger partial charge is 0.490 e. The van der Waals surface area contributed by atoms with Gasteiger partial charge in [0.2, 0.25) is 0 Å². The molecule has 0 heterocycles. The van der Waals surface area contributed by atoms with Crippen molar-refractivity contribution in [2.45, 2.75) is 0 Å². The highest BCUT2D eigenvalue weighted by atomic mass is 19.1. The monoisotopic (exact) mass is 277 g/mol. The molecule has 0 aliphatic heterocycles. The van der Waals surface area contributed by atoms with Crippen LogP contribution >= 0.6 is 0 Å². The number of benzene rings is 2. The third-order valence-corrected chi connectivity index (χ3v) is 2.45. The minimum atomic E-state index is -0.490. The van der Waals surface area contributed by atoms with E-state index in [1.807, 2.05) is 0 Å². The summed E-state index contributed by atoms with van der Waals surface area (Å²) in [6, 6.07) is 11.7. The van der Waals surface area contributed by atoms with E-state index in [0.29, 0.717) is 11.5 Å². The average molecular weight is 277 g/mol. The number of ether oxygens (including phenoxy) is 2. The van der Waals surface area contributed by atoms with Gasteiger partial charge in [-0.1, -0.05) is 12.1 Å². The summed E-state index contributed by atoms with van der Waals surface area (Å²) in [5, 5.41) is 10.6. The van der Waals surface area contributed by atoms with Gasteiger partial charge in [-0.15, -0.1) is 0 Å². The van der Waals surface area contributed by atoms with E-state index in [4.69, 9.17) is 9.47 Å². The van der Waals surface area contributed by atoms with Crippen LogP contribution in [-0.4, -0.2) is 18.1 Å². The van der Waals surface area contributed by atoms with Crippen LogP contribution in [0.15, 0.2) is 48.5 Å². The molecule has 0 aromatic heterocycles. The van der Waals surface area contributed by atoms with Crippen molar-refractivity contribution in [1.29, 1.82) is 0 Å². The predicted octanol–water partition coefficient (Wildman–Crippen LogP) is 3.19. The Morgan fingerprint density at radius 2 is 1.60 bits per heavy atom. The molecule has 0 saturated heterocycles. The van der Waals surface area contributed by atoms with Crippen molar-refractivity contribution < 1.29 is 18.8 Å². The zero-order valence-electron chi connectivity index (χ0n) is 10.5. The molecular formula is C14H12FNO4. The maximum absolute atomic E-state index is 12.9. The van der Waals surface area contributed by atoms with Crippen molar-refractivity contribution in [3.63, 3.8) is 0 Å². The minimum Gasteiger partial charge on any atom is -0.490 e. The second kappa shape index (κ2) is 6.51. The number of non-ortho nitro benzene ring substituents is 1. The molecule has 2 rings (SSSR count). The summed E-state index contributed by atoms with van der Waals surface area (Å²) in [5.41, 5.74) is -0.0338. The summed E-state index contributed by atoms with van der Waals surface area (Å²) >= 11 is 0. The quantitative estimate of drug-likeness (QED) is 0.462. The first-order valence-corrected chi connectivity index (χ1v) is 5.91. The SMILES string of the molecule is O=[N+]([O-])c1cccc(OCCOc2cccc(F)c2)c1. The number of halogens is 1. The average Bonchev–Trinajstić information content (AvgIpc) is 2.44. The van der Waals surface area contributed by atoms with Gasteiger partial charge < -0.3 is 9.47 Å². The molecule has 0 fully saturated rings. The molecule has 0 saturated carbocycles. The van der Waals surface area contributed by atoms with Gasteiger partial charge in [-0.05, 0) is 18.2 Å². The minimum absolute atomic E-state index is 0.0338. The van der Waals surface area contributed by atoms with E-state index in [-0.39, 0.29) is 24.7 Å². The lowest BCUT2D eigenvalue weighted by Crippen LogP contribution is -2.09. The van der Waals surface area contributed by atoms with Crippen LogP contribution in [0.4, 0.5) is 10.1 Å². The third-order valence-electron chi connectivity index (χ3n) is 2.45. The third kappa shape index (κ3) is 3.94. The van der Waals surface area contributed by atoms with Gasteiger partial charge in [-0.3, -0.25) is 10.1 Å². The van der Waals surface area contributed by atoms with Gasteiger partial charge in [0.15, 0.2) is 0 Å². The van der Waals surface area contributed by atoms with Gasteiger partial charge in [0.05, 0.1) is 11.0 Å². The molecule has 2 aromatic rings. The molecule has 0 unspecified atom stereocenters. The van der Waals surface area contributed by atoms with Crippen molar-refractivity contribution in [1.82, 2.24) is 0 Å². The normalized spacial score (nSPS) is 10.1. The molecule has 6 heteroatoms. The van der Waals surface area contributed by atoms with Crippen molar-refractivity contribution in [3.8, 4) is 11.5 Å². The van der Waals surface area contributed by atoms with Gasteiger partial charge in [-0.2, -0.15) is 0 Å². The summed E-state index contributed by atoms with van der Waals surface area (Å²) in [7, 11) is 0. The lowest BCUT2D eigenvalue weighted by Gasteiger charge is -2.08. The first-order valence-electron chi connectivity index (χ1n) is 5.91. The Balaban J connectivity index is 1.81. The Hall–Kier alpha value is -2.63. The number of hydrogen-bond acceptors (Lipinski definition) is 4. The van der Waals surface area contributed by atoms with Crippen LogP contribution in [0.2, 0.25) is 0 Å². The highest BCUT2D eigenvalue weighted by molar-refractivity contribution is 5.37. The standard InChI is InChI=1S/C14H12FNO4/c15-11-3-1-5-13(9-11)19-7-8-20-14-6-2-4-12(10-14)16(17)18/h1-6,9-10H,7-8H2. The van der Waals surface area contributed by atoms with Crippen LogP contribution in [-0.2, 0) is 0 Å². The fraction of sp³-hybridized carbons (Fsp3) is 0.143. The van der Waals surface area contributed by atoms with E-state index in [1.54, 1.807) is 24.3 Å². The Labute approximate surface area is 114 Å². The fourth-order valence-electron chi connectivity index (χ4n) is 1.56. The Morgan fingerprint density at radius 3 is 2.20 bits per heavy atom. The molecule has 0 N–H and O–H groups in total.